The largest absolute Gasteiger partial charge is 0.505 e. The number of ether oxygens (including phenoxy) is 1. The van der Waals surface area contributed by atoms with Crippen molar-refractivity contribution in [2.24, 2.45) is 17.8 Å². The minimum absolute atomic E-state index is 0.121. The van der Waals surface area contributed by atoms with Crippen LogP contribution in [-0.2, 0) is 20.7 Å². The molecule has 0 saturated carbocycles. The first-order chi connectivity index (χ1) is 14.8. The van der Waals surface area contributed by atoms with Crippen LogP contribution in [0.4, 0.5) is 0 Å². The van der Waals surface area contributed by atoms with E-state index in [-0.39, 0.29) is 33.6 Å². The zero-order valence-electron chi connectivity index (χ0n) is 18.3. The van der Waals surface area contributed by atoms with Crippen LogP contribution in [0, 0.1) is 17.8 Å². The van der Waals surface area contributed by atoms with Crippen LogP contribution in [0.1, 0.15) is 38.2 Å². The highest BCUT2D eigenvalue weighted by Crippen LogP contribution is 2.35. The molecule has 1 aromatic carbocycles. The Kier molecular flexibility index (Phi) is 8.48. The lowest BCUT2D eigenvalue weighted by Crippen LogP contribution is -2.45. The predicted octanol–water partition coefficient (Wildman–Crippen LogP) is 4.00. The molecule has 2 heterocycles. The number of nitrogens with zero attached hydrogens (tertiary/aromatic N) is 2. The molecule has 3 rings (SSSR count). The highest BCUT2D eigenvalue weighted by Gasteiger charge is 2.32. The van der Waals surface area contributed by atoms with Crippen LogP contribution in [0.2, 0.25) is 10.0 Å². The van der Waals surface area contributed by atoms with Gasteiger partial charge in [0, 0.05) is 19.0 Å². The molecule has 2 saturated heterocycles. The predicted molar refractivity (Wildman–Crippen MR) is 121 cm³/mol. The topological polar surface area (TPSA) is 70.1 Å². The number of carbonyl (C=O) groups excluding carboxylic acids is 2. The quantitative estimate of drug-likeness (QED) is 0.636. The van der Waals surface area contributed by atoms with Crippen LogP contribution in [0.3, 0.4) is 0 Å². The average Bonchev–Trinajstić information content (AvgIpc) is 2.77. The van der Waals surface area contributed by atoms with E-state index in [1.165, 1.54) is 7.11 Å². The lowest BCUT2D eigenvalue weighted by Gasteiger charge is -2.40. The van der Waals surface area contributed by atoms with Gasteiger partial charge in [0.05, 0.1) is 23.7 Å². The van der Waals surface area contributed by atoms with Gasteiger partial charge in [0.1, 0.15) is 0 Å². The number of hydrogen-bond donors (Lipinski definition) is 1. The molecule has 1 atom stereocenters. The molecule has 0 aromatic heterocycles. The summed E-state index contributed by atoms with van der Waals surface area (Å²) in [4.78, 5) is 28.6. The minimum atomic E-state index is -0.171. The highest BCUT2D eigenvalue weighted by molar-refractivity contribution is 6.37. The number of esters is 1. The fourth-order valence-corrected chi connectivity index (χ4v) is 5.44. The van der Waals surface area contributed by atoms with Crippen LogP contribution in [0.15, 0.2) is 12.1 Å². The second kappa shape index (κ2) is 10.9. The zero-order valence-corrected chi connectivity index (χ0v) is 19.8. The summed E-state index contributed by atoms with van der Waals surface area (Å²) in [6, 6.07) is 3.34. The van der Waals surface area contributed by atoms with Gasteiger partial charge in [0.2, 0.25) is 5.91 Å². The molecule has 0 radical (unpaired) electrons. The van der Waals surface area contributed by atoms with E-state index in [9.17, 15) is 14.7 Å². The van der Waals surface area contributed by atoms with E-state index in [1.807, 2.05) is 11.8 Å². The molecule has 1 N–H and O–H groups in total. The summed E-state index contributed by atoms with van der Waals surface area (Å²) in [5.41, 5.74) is 0.849. The van der Waals surface area contributed by atoms with E-state index in [0.717, 1.165) is 57.4 Å². The van der Waals surface area contributed by atoms with Gasteiger partial charge in [-0.1, -0.05) is 30.1 Å². The molecular formula is C23H32Cl2N2O4. The van der Waals surface area contributed by atoms with Crippen molar-refractivity contribution in [3.63, 3.8) is 0 Å². The maximum atomic E-state index is 13.0. The molecule has 2 aliphatic rings. The lowest BCUT2D eigenvalue weighted by atomic mass is 9.78. The number of carbonyl (C=O) groups is 2. The van der Waals surface area contributed by atoms with Crippen molar-refractivity contribution in [1.82, 2.24) is 9.80 Å². The molecule has 2 fully saturated rings. The average molecular weight is 471 g/mol. The number of phenolic OH excluding ortho intramolecular Hbond substituents is 1. The van der Waals surface area contributed by atoms with Crippen molar-refractivity contribution in [3.8, 4) is 5.75 Å². The van der Waals surface area contributed by atoms with Crippen LogP contribution in [0.25, 0.3) is 0 Å². The van der Waals surface area contributed by atoms with Crippen LogP contribution >= 0.6 is 23.2 Å². The Morgan fingerprint density at radius 1 is 1.06 bits per heavy atom. The van der Waals surface area contributed by atoms with Crippen molar-refractivity contribution < 1.29 is 19.4 Å². The third kappa shape index (κ3) is 6.27. The molecule has 1 amide bonds. The molecule has 2 aliphatic heterocycles. The first-order valence-corrected chi connectivity index (χ1v) is 11.8. The second-order valence-electron chi connectivity index (χ2n) is 8.87. The minimum Gasteiger partial charge on any atom is -0.505 e. The molecule has 0 unspecified atom stereocenters. The van der Waals surface area contributed by atoms with E-state index in [0.29, 0.717) is 24.8 Å². The summed E-state index contributed by atoms with van der Waals surface area (Å²) in [5.74, 6) is 1.01. The number of halogens is 2. The third-order valence-corrected chi connectivity index (χ3v) is 7.35. The standard InChI is InChI=1S/C23H32Cl2N2O4/c1-15(11-16-12-19(24)22(29)20(25)13-16)23(30)27-9-5-18(6-10-27)17-3-7-26(8-4-17)14-21(28)31-2/h12-13,15,17-18,29H,3-11,14H2,1-2H3/t15-/m1/s1. The van der Waals surface area contributed by atoms with Crippen LogP contribution < -0.4 is 0 Å². The molecule has 0 bridgehead atoms. The second-order valence-corrected chi connectivity index (χ2v) is 9.68. The Morgan fingerprint density at radius 2 is 1.58 bits per heavy atom. The molecular weight excluding hydrogens is 439 g/mol. The first kappa shape index (κ1) is 24.1. The van der Waals surface area contributed by atoms with Crippen LogP contribution in [-0.4, -0.2) is 66.6 Å². The molecule has 31 heavy (non-hydrogen) atoms. The summed E-state index contributed by atoms with van der Waals surface area (Å²) >= 11 is 12.0. The van der Waals surface area contributed by atoms with Crippen molar-refractivity contribution >= 4 is 35.1 Å². The molecule has 172 valence electrons. The Hall–Kier alpha value is -1.50. The van der Waals surface area contributed by atoms with Gasteiger partial charge in [0.25, 0.3) is 0 Å². The van der Waals surface area contributed by atoms with Gasteiger partial charge in [-0.05, 0) is 74.7 Å². The van der Waals surface area contributed by atoms with Gasteiger partial charge in [-0.3, -0.25) is 14.5 Å². The maximum absolute atomic E-state index is 13.0. The Bertz CT molecular complexity index is 765. The molecule has 6 nitrogen and oxygen atoms in total. The smallest absolute Gasteiger partial charge is 0.319 e. The molecule has 0 aliphatic carbocycles. The molecule has 1 aromatic rings. The Morgan fingerprint density at radius 3 is 2.10 bits per heavy atom. The number of phenols is 1. The number of benzene rings is 1. The summed E-state index contributed by atoms with van der Waals surface area (Å²) in [6.45, 7) is 5.79. The van der Waals surface area contributed by atoms with Gasteiger partial charge < -0.3 is 14.7 Å². The fourth-order valence-electron chi connectivity index (χ4n) is 4.91. The van der Waals surface area contributed by atoms with Crippen molar-refractivity contribution in [1.29, 1.82) is 0 Å². The number of amides is 1. The number of hydrogen-bond acceptors (Lipinski definition) is 5. The number of aromatic hydroxyl groups is 1. The van der Waals surface area contributed by atoms with E-state index < -0.39 is 0 Å². The summed E-state index contributed by atoms with van der Waals surface area (Å²) in [7, 11) is 1.43. The normalized spacial score (nSPS) is 19.9. The van der Waals surface area contributed by atoms with Crippen molar-refractivity contribution in [3.05, 3.63) is 27.7 Å². The van der Waals surface area contributed by atoms with Gasteiger partial charge in [-0.15, -0.1) is 0 Å². The SMILES string of the molecule is COC(=O)CN1CCC(C2CCN(C(=O)[C@H](C)Cc3cc(Cl)c(O)c(Cl)c3)CC2)CC1. The van der Waals surface area contributed by atoms with E-state index in [1.54, 1.807) is 12.1 Å². The molecule has 0 spiro atoms. The lowest BCUT2D eigenvalue weighted by molar-refractivity contribution is -0.142. The Balaban J connectivity index is 1.45. The van der Waals surface area contributed by atoms with Gasteiger partial charge in [-0.2, -0.15) is 0 Å². The number of rotatable bonds is 6. The highest BCUT2D eigenvalue weighted by atomic mass is 35.5. The van der Waals surface area contributed by atoms with Gasteiger partial charge in [-0.25, -0.2) is 0 Å². The zero-order chi connectivity index (χ0) is 22.5. The maximum Gasteiger partial charge on any atom is 0.319 e. The van der Waals surface area contributed by atoms with Crippen LogP contribution in [0.5, 0.6) is 5.75 Å². The summed E-state index contributed by atoms with van der Waals surface area (Å²) in [5, 5.41) is 10.1. The van der Waals surface area contributed by atoms with Crippen molar-refractivity contribution in [2.45, 2.75) is 39.0 Å². The number of methoxy groups -OCH3 is 1. The first-order valence-electron chi connectivity index (χ1n) is 11.0. The summed E-state index contributed by atoms with van der Waals surface area (Å²) in [6.07, 6.45) is 4.83. The third-order valence-electron chi connectivity index (χ3n) is 6.77. The van der Waals surface area contributed by atoms with Gasteiger partial charge >= 0.3 is 5.97 Å². The fraction of sp³-hybridized carbons (Fsp3) is 0.652. The van der Waals surface area contributed by atoms with Crippen molar-refractivity contribution in [2.75, 3.05) is 39.8 Å². The summed E-state index contributed by atoms with van der Waals surface area (Å²) < 4.78 is 4.76. The van der Waals surface area contributed by atoms with Gasteiger partial charge in [0.15, 0.2) is 5.75 Å². The molecule has 8 heteroatoms. The number of piperidine rings is 2. The Labute approximate surface area is 194 Å². The number of likely N-dealkylation sites (tertiary alicyclic amines) is 2. The monoisotopic (exact) mass is 470 g/mol. The van der Waals surface area contributed by atoms with E-state index in [4.69, 9.17) is 27.9 Å². The van der Waals surface area contributed by atoms with E-state index >= 15 is 0 Å². The van der Waals surface area contributed by atoms with E-state index in [2.05, 4.69) is 4.90 Å².